The van der Waals surface area contributed by atoms with Gasteiger partial charge in [0.1, 0.15) is 10.4 Å². The number of para-hydroxylation sites is 2. The number of aliphatic carboxylic acids is 1. The number of carboxylic acids is 1. The van der Waals surface area contributed by atoms with Crippen molar-refractivity contribution in [2.75, 3.05) is 7.11 Å². The van der Waals surface area contributed by atoms with E-state index in [9.17, 15) is 14.7 Å². The van der Waals surface area contributed by atoms with Crippen LogP contribution in [0.2, 0.25) is 0 Å². The molecule has 0 radical (unpaired) electrons. The zero-order valence-corrected chi connectivity index (χ0v) is 19.4. The van der Waals surface area contributed by atoms with Gasteiger partial charge in [0.05, 0.1) is 12.7 Å². The van der Waals surface area contributed by atoms with Crippen LogP contribution >= 0.6 is 11.8 Å². The fourth-order valence-corrected chi connectivity index (χ4v) is 4.50. The molecule has 4 rings (SSSR count). The predicted molar refractivity (Wildman–Crippen MR) is 127 cm³/mol. The van der Waals surface area contributed by atoms with E-state index in [0.717, 1.165) is 40.0 Å². The van der Waals surface area contributed by atoms with E-state index in [1.165, 1.54) is 7.11 Å². The molecular weight excluding hydrogens is 440 g/mol. The predicted octanol–water partition coefficient (Wildman–Crippen LogP) is 5.55. The van der Waals surface area contributed by atoms with Crippen LogP contribution in [0.5, 0.6) is 0 Å². The number of ether oxygens (including phenoxy) is 1. The highest BCUT2D eigenvalue weighted by Gasteiger charge is 2.19. The van der Waals surface area contributed by atoms with E-state index < -0.39 is 11.9 Å². The number of oxazole rings is 1. The molecule has 0 fully saturated rings. The number of aromatic nitrogens is 2. The van der Waals surface area contributed by atoms with Gasteiger partial charge in [0.15, 0.2) is 5.58 Å². The van der Waals surface area contributed by atoms with Gasteiger partial charge in [-0.15, -0.1) is 0 Å². The monoisotopic (exact) mass is 462 g/mol. The van der Waals surface area contributed by atoms with Crippen LogP contribution in [0, 0.1) is 20.8 Å². The molecule has 33 heavy (non-hydrogen) atoms. The van der Waals surface area contributed by atoms with Crippen LogP contribution in [-0.2, 0) is 9.53 Å². The Labute approximate surface area is 194 Å². The number of hydrogen-bond acceptors (Lipinski definition) is 6. The normalized spacial score (nSPS) is 11.7. The number of aryl methyl sites for hydroxylation is 1. The van der Waals surface area contributed by atoms with Gasteiger partial charge in [0, 0.05) is 17.1 Å². The third-order valence-corrected chi connectivity index (χ3v) is 6.25. The van der Waals surface area contributed by atoms with Crippen LogP contribution < -0.4 is 0 Å². The number of esters is 1. The number of nitrogens with zero attached hydrogens (tertiary/aromatic N) is 2. The van der Waals surface area contributed by atoms with Crippen LogP contribution in [0.1, 0.15) is 32.9 Å². The average molecular weight is 463 g/mol. The van der Waals surface area contributed by atoms with Gasteiger partial charge in [-0.05, 0) is 80.1 Å². The van der Waals surface area contributed by atoms with Gasteiger partial charge >= 0.3 is 11.9 Å². The van der Waals surface area contributed by atoms with Crippen LogP contribution in [-0.4, -0.2) is 33.7 Å². The quantitative estimate of drug-likeness (QED) is 0.228. The second kappa shape index (κ2) is 8.99. The Kier molecular flexibility index (Phi) is 6.11. The van der Waals surface area contributed by atoms with Crippen LogP contribution in [0.25, 0.3) is 22.9 Å². The molecule has 0 bridgehead atoms. The third kappa shape index (κ3) is 4.29. The largest absolute Gasteiger partial charge is 0.477 e. The zero-order valence-electron chi connectivity index (χ0n) is 18.6. The second-order valence-corrected chi connectivity index (χ2v) is 8.46. The summed E-state index contributed by atoms with van der Waals surface area (Å²) in [6.45, 7) is 5.71. The standard InChI is InChI=1S/C25H22N2O5S/c1-14-12-17(16(3)27(14)20-10-7-8-18(15(20)2)24(30)31-4)13-22(23(28)29)33-25-26-19-9-5-6-11-21(19)32-25/h5-13H,1-4H3,(H,28,29)/b22-13+. The molecule has 0 amide bonds. The van der Waals surface area contributed by atoms with Crippen molar-refractivity contribution in [3.8, 4) is 5.69 Å². The molecule has 8 heteroatoms. The minimum Gasteiger partial charge on any atom is -0.477 e. The van der Waals surface area contributed by atoms with Gasteiger partial charge in [-0.1, -0.05) is 18.2 Å². The van der Waals surface area contributed by atoms with E-state index in [4.69, 9.17) is 9.15 Å². The fourth-order valence-electron chi connectivity index (χ4n) is 3.77. The van der Waals surface area contributed by atoms with Crippen molar-refractivity contribution in [1.29, 1.82) is 0 Å². The summed E-state index contributed by atoms with van der Waals surface area (Å²) in [5.74, 6) is -1.48. The average Bonchev–Trinajstić information content (AvgIpc) is 3.32. The minimum absolute atomic E-state index is 0.0850. The number of carbonyl (C=O) groups is 2. The first kappa shape index (κ1) is 22.4. The SMILES string of the molecule is COC(=O)c1cccc(-n2c(C)cc(/C=C(/Sc3nc4ccccc4o3)C(=O)O)c2C)c1C. The minimum atomic E-state index is -1.07. The molecule has 0 atom stereocenters. The summed E-state index contributed by atoms with van der Waals surface area (Å²) in [5, 5.41) is 10.1. The second-order valence-electron chi connectivity index (χ2n) is 7.47. The van der Waals surface area contributed by atoms with Crippen molar-refractivity contribution in [1.82, 2.24) is 9.55 Å². The van der Waals surface area contributed by atoms with Crippen molar-refractivity contribution in [2.45, 2.75) is 26.0 Å². The number of carbonyl (C=O) groups excluding carboxylic acids is 1. The number of thioether (sulfide) groups is 1. The lowest BCUT2D eigenvalue weighted by Crippen LogP contribution is -2.08. The van der Waals surface area contributed by atoms with Crippen molar-refractivity contribution in [3.05, 3.63) is 81.5 Å². The lowest BCUT2D eigenvalue weighted by molar-refractivity contribution is -0.131. The topological polar surface area (TPSA) is 94.6 Å². The molecule has 7 nitrogen and oxygen atoms in total. The van der Waals surface area contributed by atoms with Gasteiger partial charge in [-0.25, -0.2) is 14.6 Å². The summed E-state index contributed by atoms with van der Waals surface area (Å²) < 4.78 is 12.6. The maximum absolute atomic E-state index is 12.1. The Bertz CT molecular complexity index is 1380. The Morgan fingerprint density at radius 1 is 1.12 bits per heavy atom. The molecule has 0 spiro atoms. The summed E-state index contributed by atoms with van der Waals surface area (Å²) >= 11 is 0.963. The van der Waals surface area contributed by atoms with Gasteiger partial charge in [-0.2, -0.15) is 0 Å². The van der Waals surface area contributed by atoms with Crippen LogP contribution in [0.3, 0.4) is 0 Å². The molecular formula is C25H22N2O5S. The van der Waals surface area contributed by atoms with Gasteiger partial charge < -0.3 is 18.8 Å². The molecule has 2 aromatic heterocycles. The molecule has 0 aliphatic rings. The molecule has 0 aliphatic carbocycles. The van der Waals surface area contributed by atoms with E-state index in [2.05, 4.69) is 4.98 Å². The molecule has 1 N–H and O–H groups in total. The maximum atomic E-state index is 12.1. The van der Waals surface area contributed by atoms with E-state index in [1.54, 1.807) is 24.3 Å². The highest BCUT2D eigenvalue weighted by atomic mass is 32.2. The fraction of sp³-hybridized carbons (Fsp3) is 0.160. The van der Waals surface area contributed by atoms with Crippen molar-refractivity contribution >= 4 is 40.9 Å². The third-order valence-electron chi connectivity index (χ3n) is 5.39. The van der Waals surface area contributed by atoms with Crippen molar-refractivity contribution in [3.63, 3.8) is 0 Å². The number of methoxy groups -OCH3 is 1. The molecule has 2 heterocycles. The number of hydrogen-bond donors (Lipinski definition) is 1. The highest BCUT2D eigenvalue weighted by Crippen LogP contribution is 2.33. The highest BCUT2D eigenvalue weighted by molar-refractivity contribution is 8.03. The zero-order chi connectivity index (χ0) is 23.7. The Morgan fingerprint density at radius 3 is 2.58 bits per heavy atom. The van der Waals surface area contributed by atoms with Crippen molar-refractivity contribution < 1.29 is 23.8 Å². The maximum Gasteiger partial charge on any atom is 0.342 e. The number of carboxylic acid groups (broad SMARTS) is 1. The number of rotatable bonds is 6. The Morgan fingerprint density at radius 2 is 1.88 bits per heavy atom. The summed E-state index contributed by atoms with van der Waals surface area (Å²) in [6.07, 6.45) is 1.61. The Balaban J connectivity index is 1.74. The Hall–Kier alpha value is -3.78. The van der Waals surface area contributed by atoms with Gasteiger partial charge in [0.25, 0.3) is 5.22 Å². The summed E-state index contributed by atoms with van der Waals surface area (Å²) in [7, 11) is 1.35. The van der Waals surface area contributed by atoms with E-state index in [1.807, 2.05) is 55.7 Å². The molecule has 0 saturated carbocycles. The summed E-state index contributed by atoms with van der Waals surface area (Å²) in [4.78, 5) is 28.6. The van der Waals surface area contributed by atoms with Gasteiger partial charge in [-0.3, -0.25) is 0 Å². The first-order valence-corrected chi connectivity index (χ1v) is 11.0. The van der Waals surface area contributed by atoms with E-state index >= 15 is 0 Å². The van der Waals surface area contributed by atoms with E-state index in [0.29, 0.717) is 16.7 Å². The first-order valence-electron chi connectivity index (χ1n) is 10.2. The lowest BCUT2D eigenvalue weighted by Gasteiger charge is -2.15. The van der Waals surface area contributed by atoms with Crippen LogP contribution in [0.4, 0.5) is 0 Å². The molecule has 168 valence electrons. The number of fused-ring (bicyclic) bond motifs is 1. The van der Waals surface area contributed by atoms with Gasteiger partial charge in [0.2, 0.25) is 0 Å². The lowest BCUT2D eigenvalue weighted by atomic mass is 10.1. The molecule has 0 saturated heterocycles. The molecule has 0 aliphatic heterocycles. The van der Waals surface area contributed by atoms with E-state index in [-0.39, 0.29) is 10.1 Å². The summed E-state index contributed by atoms with van der Waals surface area (Å²) in [6, 6.07) is 14.6. The van der Waals surface area contributed by atoms with Crippen LogP contribution in [0.15, 0.2) is 63.1 Å². The smallest absolute Gasteiger partial charge is 0.342 e. The summed E-state index contributed by atoms with van der Waals surface area (Å²) in [5.41, 5.74) is 5.86. The number of benzene rings is 2. The molecule has 4 aromatic rings. The molecule has 2 aromatic carbocycles. The first-order chi connectivity index (χ1) is 15.8. The van der Waals surface area contributed by atoms with Crippen molar-refractivity contribution in [2.24, 2.45) is 0 Å². The molecule has 0 unspecified atom stereocenters.